The Hall–Kier alpha value is -1.11. The van der Waals surface area contributed by atoms with E-state index in [1.54, 1.807) is 11.1 Å². The molecule has 2 aliphatic rings. The molecule has 3 atom stereocenters. The quantitative estimate of drug-likeness (QED) is 0.287. The summed E-state index contributed by atoms with van der Waals surface area (Å²) in [5, 5.41) is 0. The largest absolute Gasteiger partial charge is 0.303 e. The van der Waals surface area contributed by atoms with Gasteiger partial charge in [-0.15, -0.1) is 0 Å². The van der Waals surface area contributed by atoms with Crippen LogP contribution < -0.4 is 0 Å². The Kier molecular flexibility index (Phi) is 6.51. The van der Waals surface area contributed by atoms with Gasteiger partial charge in [-0.3, -0.25) is 0 Å². The molecule has 140 valence electrons. The third-order valence-electron chi connectivity index (χ3n) is 7.02. The molecule has 0 amide bonds. The number of allylic oxidation sites excluding steroid dienone is 6. The van der Waals surface area contributed by atoms with Crippen molar-refractivity contribution in [2.75, 3.05) is 0 Å². The summed E-state index contributed by atoms with van der Waals surface area (Å²) in [6, 6.07) is 0. The number of rotatable bonds is 6. The van der Waals surface area contributed by atoms with Gasteiger partial charge in [0.1, 0.15) is 6.29 Å². The zero-order valence-corrected chi connectivity index (χ0v) is 17.3. The third kappa shape index (κ3) is 4.54. The molecule has 1 nitrogen and oxygen atoms in total. The van der Waals surface area contributed by atoms with Crippen molar-refractivity contribution in [3.8, 4) is 0 Å². The van der Waals surface area contributed by atoms with E-state index < -0.39 is 0 Å². The molecule has 0 aromatic rings. The van der Waals surface area contributed by atoms with E-state index in [0.717, 1.165) is 18.6 Å². The van der Waals surface area contributed by atoms with Gasteiger partial charge in [0.15, 0.2) is 0 Å². The van der Waals surface area contributed by atoms with Crippen molar-refractivity contribution < 1.29 is 4.79 Å². The molecule has 0 aromatic heterocycles. The summed E-state index contributed by atoms with van der Waals surface area (Å²) in [5.74, 6) is 0.849. The maximum absolute atomic E-state index is 10.7. The molecule has 0 bridgehead atoms. The molecule has 0 unspecified atom stereocenters. The molecular weight excluding hydrogens is 304 g/mol. The number of aldehydes is 1. The average molecular weight is 343 g/mol. The van der Waals surface area contributed by atoms with E-state index in [1.165, 1.54) is 44.1 Å². The van der Waals surface area contributed by atoms with Gasteiger partial charge >= 0.3 is 0 Å². The van der Waals surface area contributed by atoms with Crippen LogP contribution in [0.4, 0.5) is 0 Å². The summed E-state index contributed by atoms with van der Waals surface area (Å²) in [6.45, 7) is 14.1. The van der Waals surface area contributed by atoms with E-state index in [9.17, 15) is 4.79 Å². The fraction of sp³-hybridized carbons (Fsp3) is 0.708. The number of fused-ring (bicyclic) bond motifs is 1. The fourth-order valence-corrected chi connectivity index (χ4v) is 5.54. The van der Waals surface area contributed by atoms with Gasteiger partial charge in [-0.2, -0.15) is 0 Å². The van der Waals surface area contributed by atoms with Crippen LogP contribution in [0.15, 0.2) is 34.9 Å². The van der Waals surface area contributed by atoms with Crippen LogP contribution in [0, 0.1) is 22.7 Å². The smallest absolute Gasteiger partial charge is 0.126 e. The van der Waals surface area contributed by atoms with E-state index in [1.807, 2.05) is 19.1 Å². The Labute approximate surface area is 155 Å². The molecule has 2 aliphatic carbocycles. The minimum absolute atomic E-state index is 0.0106. The van der Waals surface area contributed by atoms with Crippen molar-refractivity contribution in [1.29, 1.82) is 0 Å². The lowest BCUT2D eigenvalue weighted by Crippen LogP contribution is -2.45. The molecule has 0 aromatic carbocycles. The summed E-state index contributed by atoms with van der Waals surface area (Å²) in [6.07, 6.45) is 16.3. The zero-order valence-electron chi connectivity index (χ0n) is 17.3. The average Bonchev–Trinajstić information content (AvgIpc) is 2.53. The van der Waals surface area contributed by atoms with E-state index in [-0.39, 0.29) is 5.92 Å². The van der Waals surface area contributed by atoms with E-state index in [4.69, 9.17) is 0 Å². The minimum Gasteiger partial charge on any atom is -0.303 e. The second-order valence-electron chi connectivity index (χ2n) is 9.50. The van der Waals surface area contributed by atoms with Gasteiger partial charge < -0.3 is 4.79 Å². The molecule has 0 saturated heterocycles. The monoisotopic (exact) mass is 342 g/mol. The molecule has 0 radical (unpaired) electrons. The minimum atomic E-state index is 0.0106. The topological polar surface area (TPSA) is 17.1 Å². The van der Waals surface area contributed by atoms with E-state index in [0.29, 0.717) is 10.8 Å². The standard InChI is InChI=1S/C24H38O/c1-18(9-7-10-19(2)17-25)11-13-21-20(3)12-14-22-23(4,5)15-8-16-24(21,22)6/h7,9-10,17,19,22H,8,11-16H2,1-6H3/b10-7+,18-9+/t19-,22+,24-/m1/s1. The van der Waals surface area contributed by atoms with Gasteiger partial charge in [-0.25, -0.2) is 0 Å². The Morgan fingerprint density at radius 2 is 2.00 bits per heavy atom. The maximum atomic E-state index is 10.7. The molecule has 0 N–H and O–H groups in total. The van der Waals surface area contributed by atoms with Crippen molar-refractivity contribution in [1.82, 2.24) is 0 Å². The molecule has 0 spiro atoms. The molecule has 1 saturated carbocycles. The van der Waals surface area contributed by atoms with Gasteiger partial charge in [0, 0.05) is 5.92 Å². The zero-order chi connectivity index (χ0) is 18.7. The lowest BCUT2D eigenvalue weighted by molar-refractivity contribution is -0.109. The van der Waals surface area contributed by atoms with Crippen LogP contribution in [0.2, 0.25) is 0 Å². The van der Waals surface area contributed by atoms with E-state index in [2.05, 4.69) is 40.7 Å². The second-order valence-corrected chi connectivity index (χ2v) is 9.50. The van der Waals surface area contributed by atoms with Gasteiger partial charge in [-0.1, -0.05) is 69.1 Å². The van der Waals surface area contributed by atoms with Crippen molar-refractivity contribution in [3.05, 3.63) is 34.9 Å². The van der Waals surface area contributed by atoms with Gasteiger partial charge in [-0.05, 0) is 69.1 Å². The first-order valence-corrected chi connectivity index (χ1v) is 10.2. The number of carbonyl (C=O) groups excluding carboxylic acids is 1. The highest BCUT2D eigenvalue weighted by Crippen LogP contribution is 2.60. The first-order valence-electron chi connectivity index (χ1n) is 10.2. The molecule has 1 heteroatoms. The van der Waals surface area contributed by atoms with Gasteiger partial charge in [0.2, 0.25) is 0 Å². The summed E-state index contributed by atoms with van der Waals surface area (Å²) >= 11 is 0. The summed E-state index contributed by atoms with van der Waals surface area (Å²) in [7, 11) is 0. The first-order chi connectivity index (χ1) is 11.7. The van der Waals surface area contributed by atoms with Crippen molar-refractivity contribution >= 4 is 6.29 Å². The summed E-state index contributed by atoms with van der Waals surface area (Å²) in [4.78, 5) is 10.7. The summed E-state index contributed by atoms with van der Waals surface area (Å²) < 4.78 is 0. The molecule has 1 fully saturated rings. The van der Waals surface area contributed by atoms with E-state index >= 15 is 0 Å². The van der Waals surface area contributed by atoms with Crippen LogP contribution in [0.25, 0.3) is 0 Å². The normalized spacial score (nSPS) is 31.1. The van der Waals surface area contributed by atoms with Gasteiger partial charge in [0.25, 0.3) is 0 Å². The number of hydrogen-bond donors (Lipinski definition) is 0. The highest BCUT2D eigenvalue weighted by atomic mass is 16.1. The predicted molar refractivity (Wildman–Crippen MR) is 109 cm³/mol. The van der Waals surface area contributed by atoms with Crippen molar-refractivity contribution in [3.63, 3.8) is 0 Å². The van der Waals surface area contributed by atoms with Crippen molar-refractivity contribution in [2.45, 2.75) is 86.5 Å². The lowest BCUT2D eigenvalue weighted by Gasteiger charge is -2.55. The SMILES string of the molecule is CC1=C(CC/C(C)=C/C=C/[C@@H](C)C=O)[C@@]2(C)CCCC(C)(C)[C@@H]2CC1. The molecular formula is C24H38O. The van der Waals surface area contributed by atoms with Crippen LogP contribution in [-0.2, 0) is 4.79 Å². The predicted octanol–water partition coefficient (Wildman–Crippen LogP) is 7.05. The Morgan fingerprint density at radius 1 is 1.28 bits per heavy atom. The second kappa shape index (κ2) is 8.06. The first kappa shape index (κ1) is 20.2. The van der Waals surface area contributed by atoms with Crippen LogP contribution >= 0.6 is 0 Å². The number of carbonyl (C=O) groups is 1. The Balaban J connectivity index is 2.11. The van der Waals surface area contributed by atoms with Crippen LogP contribution in [0.5, 0.6) is 0 Å². The van der Waals surface area contributed by atoms with Gasteiger partial charge in [0.05, 0.1) is 0 Å². The lowest BCUT2D eigenvalue weighted by atomic mass is 9.50. The Morgan fingerprint density at radius 3 is 2.68 bits per heavy atom. The van der Waals surface area contributed by atoms with Crippen molar-refractivity contribution in [2.24, 2.45) is 22.7 Å². The third-order valence-corrected chi connectivity index (χ3v) is 7.02. The number of hydrogen-bond acceptors (Lipinski definition) is 1. The fourth-order valence-electron chi connectivity index (χ4n) is 5.54. The van der Waals surface area contributed by atoms with Crippen LogP contribution in [0.3, 0.4) is 0 Å². The molecule has 2 rings (SSSR count). The van der Waals surface area contributed by atoms with Crippen LogP contribution in [0.1, 0.15) is 86.5 Å². The van der Waals surface area contributed by atoms with Crippen LogP contribution in [-0.4, -0.2) is 6.29 Å². The molecule has 25 heavy (non-hydrogen) atoms. The molecule has 0 aliphatic heterocycles. The Bertz CT molecular complexity index is 575. The highest BCUT2D eigenvalue weighted by molar-refractivity contribution is 5.55. The molecule has 0 heterocycles. The highest BCUT2D eigenvalue weighted by Gasteiger charge is 2.49. The summed E-state index contributed by atoms with van der Waals surface area (Å²) in [5.41, 5.74) is 5.73. The maximum Gasteiger partial charge on any atom is 0.126 e.